The molecule has 4 heteroatoms. The Morgan fingerprint density at radius 3 is 2.89 bits per heavy atom. The first kappa shape index (κ1) is 11.8. The van der Waals surface area contributed by atoms with E-state index in [2.05, 4.69) is 22.4 Å². The van der Waals surface area contributed by atoms with Crippen molar-refractivity contribution >= 4 is 11.6 Å². The number of rotatable bonds is 4. The Labute approximate surface area is 112 Å². The molecule has 2 aromatic rings. The largest absolute Gasteiger partial charge is 0.334 e. The summed E-state index contributed by atoms with van der Waals surface area (Å²) in [7, 11) is 1.98. The van der Waals surface area contributed by atoms with Crippen molar-refractivity contribution in [3.8, 4) is 11.4 Å². The predicted molar refractivity (Wildman–Crippen MR) is 73.5 cm³/mol. The van der Waals surface area contributed by atoms with Crippen molar-refractivity contribution < 1.29 is 0 Å². The summed E-state index contributed by atoms with van der Waals surface area (Å²) >= 11 is 6.33. The standard InChI is InChI=1S/C14H16ClN3/c1-18-7-6-16-14(18)10-2-3-11(13(15)8-10)9-17-12-4-5-12/h2-3,6-8,12,17H,4-5,9H2,1H3. The Morgan fingerprint density at radius 2 is 2.28 bits per heavy atom. The molecular formula is C14H16ClN3. The maximum Gasteiger partial charge on any atom is 0.139 e. The fraction of sp³-hybridized carbons (Fsp3) is 0.357. The van der Waals surface area contributed by atoms with Gasteiger partial charge in [-0.15, -0.1) is 0 Å². The smallest absolute Gasteiger partial charge is 0.139 e. The highest BCUT2D eigenvalue weighted by Gasteiger charge is 2.20. The number of benzene rings is 1. The summed E-state index contributed by atoms with van der Waals surface area (Å²) in [6.07, 6.45) is 6.32. The summed E-state index contributed by atoms with van der Waals surface area (Å²) in [5, 5.41) is 4.28. The van der Waals surface area contributed by atoms with Gasteiger partial charge in [-0.05, 0) is 24.5 Å². The lowest BCUT2D eigenvalue weighted by molar-refractivity contribution is 0.688. The molecule has 1 aromatic heterocycles. The molecule has 94 valence electrons. The van der Waals surface area contributed by atoms with Gasteiger partial charge in [0.1, 0.15) is 5.82 Å². The third kappa shape index (κ3) is 2.42. The lowest BCUT2D eigenvalue weighted by atomic mass is 10.1. The molecule has 0 atom stereocenters. The number of hydrogen-bond acceptors (Lipinski definition) is 2. The van der Waals surface area contributed by atoms with Gasteiger partial charge in [0, 0.05) is 42.6 Å². The lowest BCUT2D eigenvalue weighted by Crippen LogP contribution is -2.15. The van der Waals surface area contributed by atoms with Crippen molar-refractivity contribution in [3.05, 3.63) is 41.2 Å². The third-order valence-corrected chi connectivity index (χ3v) is 3.64. The minimum Gasteiger partial charge on any atom is -0.334 e. The van der Waals surface area contributed by atoms with E-state index in [0.717, 1.165) is 28.5 Å². The minimum atomic E-state index is 0.704. The number of nitrogens with one attached hydrogen (secondary N) is 1. The molecule has 3 nitrogen and oxygen atoms in total. The van der Waals surface area contributed by atoms with Gasteiger partial charge in [0.15, 0.2) is 0 Å². The van der Waals surface area contributed by atoms with Crippen LogP contribution in [0.1, 0.15) is 18.4 Å². The quantitative estimate of drug-likeness (QED) is 0.917. The summed E-state index contributed by atoms with van der Waals surface area (Å²) in [5.74, 6) is 0.943. The Hall–Kier alpha value is -1.32. The molecule has 3 rings (SSSR count). The van der Waals surface area contributed by atoms with Crippen molar-refractivity contribution in [3.63, 3.8) is 0 Å². The fourth-order valence-corrected chi connectivity index (χ4v) is 2.26. The van der Waals surface area contributed by atoms with Gasteiger partial charge in [-0.3, -0.25) is 0 Å². The zero-order chi connectivity index (χ0) is 12.5. The van der Waals surface area contributed by atoms with E-state index in [4.69, 9.17) is 11.6 Å². The average molecular weight is 262 g/mol. The second-order valence-electron chi connectivity index (χ2n) is 4.82. The third-order valence-electron chi connectivity index (χ3n) is 3.29. The number of aryl methyl sites for hydroxylation is 1. The zero-order valence-corrected chi connectivity index (χ0v) is 11.1. The van der Waals surface area contributed by atoms with E-state index < -0.39 is 0 Å². The van der Waals surface area contributed by atoms with Crippen LogP contribution in [0.3, 0.4) is 0 Å². The molecule has 1 aliphatic carbocycles. The van der Waals surface area contributed by atoms with Gasteiger partial charge in [-0.25, -0.2) is 4.98 Å². The summed E-state index contributed by atoms with van der Waals surface area (Å²) in [6, 6.07) is 6.86. The van der Waals surface area contributed by atoms with Crippen LogP contribution < -0.4 is 5.32 Å². The molecule has 1 aliphatic rings. The average Bonchev–Trinajstić information content (AvgIpc) is 3.09. The van der Waals surface area contributed by atoms with Gasteiger partial charge in [-0.2, -0.15) is 0 Å². The van der Waals surface area contributed by atoms with Gasteiger partial charge >= 0.3 is 0 Å². The van der Waals surface area contributed by atoms with Crippen molar-refractivity contribution in [2.24, 2.45) is 7.05 Å². The normalized spacial score (nSPS) is 15.0. The molecule has 0 spiro atoms. The summed E-state index contributed by atoms with van der Waals surface area (Å²) in [5.41, 5.74) is 2.21. The van der Waals surface area contributed by atoms with Gasteiger partial charge in [0.05, 0.1) is 0 Å². The van der Waals surface area contributed by atoms with Crippen molar-refractivity contribution in [2.75, 3.05) is 0 Å². The maximum absolute atomic E-state index is 6.33. The van der Waals surface area contributed by atoms with Crippen molar-refractivity contribution in [1.29, 1.82) is 0 Å². The van der Waals surface area contributed by atoms with Crippen LogP contribution in [0.25, 0.3) is 11.4 Å². The number of imidazole rings is 1. The molecule has 1 saturated carbocycles. The Kier molecular flexibility index (Phi) is 3.10. The Morgan fingerprint density at radius 1 is 1.44 bits per heavy atom. The predicted octanol–water partition coefficient (Wildman–Crippen LogP) is 2.99. The van der Waals surface area contributed by atoms with Gasteiger partial charge in [-0.1, -0.05) is 23.7 Å². The number of halogens is 1. The van der Waals surface area contributed by atoms with E-state index in [1.54, 1.807) is 6.20 Å². The molecule has 0 amide bonds. The highest BCUT2D eigenvalue weighted by molar-refractivity contribution is 6.31. The molecule has 1 fully saturated rings. The summed E-state index contributed by atoms with van der Waals surface area (Å²) in [4.78, 5) is 4.33. The van der Waals surface area contributed by atoms with Crippen LogP contribution in [-0.4, -0.2) is 15.6 Å². The highest BCUT2D eigenvalue weighted by Crippen LogP contribution is 2.25. The van der Waals surface area contributed by atoms with Gasteiger partial charge < -0.3 is 9.88 Å². The second kappa shape index (κ2) is 4.75. The SMILES string of the molecule is Cn1ccnc1-c1ccc(CNC2CC2)c(Cl)c1. The van der Waals surface area contributed by atoms with Gasteiger partial charge in [0.2, 0.25) is 0 Å². The molecule has 1 aromatic carbocycles. The monoisotopic (exact) mass is 261 g/mol. The van der Waals surface area contributed by atoms with Crippen LogP contribution in [0.15, 0.2) is 30.6 Å². The van der Waals surface area contributed by atoms with E-state index in [9.17, 15) is 0 Å². The summed E-state index contributed by atoms with van der Waals surface area (Å²) < 4.78 is 1.99. The van der Waals surface area contributed by atoms with Crippen LogP contribution >= 0.6 is 11.6 Å². The van der Waals surface area contributed by atoms with Crippen molar-refractivity contribution in [2.45, 2.75) is 25.4 Å². The van der Waals surface area contributed by atoms with E-state index in [1.165, 1.54) is 12.8 Å². The van der Waals surface area contributed by atoms with Crippen LogP contribution in [0.4, 0.5) is 0 Å². The molecule has 1 heterocycles. The van der Waals surface area contributed by atoms with Gasteiger partial charge in [0.25, 0.3) is 0 Å². The minimum absolute atomic E-state index is 0.704. The molecule has 18 heavy (non-hydrogen) atoms. The maximum atomic E-state index is 6.33. The van der Waals surface area contributed by atoms with Crippen LogP contribution in [-0.2, 0) is 13.6 Å². The lowest BCUT2D eigenvalue weighted by Gasteiger charge is -2.08. The Bertz CT molecular complexity index is 558. The molecule has 0 unspecified atom stereocenters. The summed E-state index contributed by atoms with van der Waals surface area (Å²) in [6.45, 7) is 0.852. The zero-order valence-electron chi connectivity index (χ0n) is 10.4. The molecule has 0 aliphatic heterocycles. The highest BCUT2D eigenvalue weighted by atomic mass is 35.5. The Balaban J connectivity index is 1.81. The van der Waals surface area contributed by atoms with Crippen LogP contribution in [0.2, 0.25) is 5.02 Å². The first-order valence-electron chi connectivity index (χ1n) is 6.23. The molecule has 0 radical (unpaired) electrons. The first-order valence-corrected chi connectivity index (χ1v) is 6.61. The van der Waals surface area contributed by atoms with E-state index in [1.807, 2.05) is 23.9 Å². The number of nitrogens with zero attached hydrogens (tertiary/aromatic N) is 2. The molecule has 1 N–H and O–H groups in total. The van der Waals surface area contributed by atoms with Crippen LogP contribution in [0, 0.1) is 0 Å². The molecule has 0 bridgehead atoms. The fourth-order valence-electron chi connectivity index (χ4n) is 2.02. The topological polar surface area (TPSA) is 29.9 Å². The number of aromatic nitrogens is 2. The van der Waals surface area contributed by atoms with E-state index >= 15 is 0 Å². The number of hydrogen-bond donors (Lipinski definition) is 1. The molecular weight excluding hydrogens is 246 g/mol. The first-order chi connectivity index (χ1) is 8.74. The van der Waals surface area contributed by atoms with Crippen molar-refractivity contribution in [1.82, 2.24) is 14.9 Å². The molecule has 0 saturated heterocycles. The second-order valence-corrected chi connectivity index (χ2v) is 5.23. The van der Waals surface area contributed by atoms with E-state index in [-0.39, 0.29) is 0 Å². The van der Waals surface area contributed by atoms with E-state index in [0.29, 0.717) is 6.04 Å². The van der Waals surface area contributed by atoms with Crippen LogP contribution in [0.5, 0.6) is 0 Å².